The summed E-state index contributed by atoms with van der Waals surface area (Å²) in [7, 11) is 0. The van der Waals surface area contributed by atoms with Crippen molar-refractivity contribution in [3.63, 3.8) is 0 Å². The van der Waals surface area contributed by atoms with E-state index in [-0.39, 0.29) is 0 Å². The normalized spacial score (nSPS) is 10.4. The number of rotatable bonds is 2. The maximum Gasteiger partial charge on any atom is 0.159 e. The number of hydrogen-bond donors (Lipinski definition) is 1. The summed E-state index contributed by atoms with van der Waals surface area (Å²) in [6, 6.07) is 11.0. The third-order valence-corrected chi connectivity index (χ3v) is 3.00. The molecular weight excluding hydrogens is 228 g/mol. The molecule has 2 rings (SSSR count). The molecule has 0 unspecified atom stereocenters. The molecule has 0 saturated carbocycles. The van der Waals surface area contributed by atoms with E-state index in [0.717, 1.165) is 11.0 Å². The van der Waals surface area contributed by atoms with Crippen LogP contribution in [0.25, 0.3) is 0 Å². The van der Waals surface area contributed by atoms with E-state index in [0.29, 0.717) is 10.6 Å². The molecule has 0 saturated heterocycles. The van der Waals surface area contributed by atoms with Gasteiger partial charge >= 0.3 is 0 Å². The van der Waals surface area contributed by atoms with Crippen LogP contribution < -0.4 is 5.73 Å². The lowest BCUT2D eigenvalue weighted by molar-refractivity contribution is 0.506. The van der Waals surface area contributed by atoms with Crippen LogP contribution in [0, 0.1) is 11.6 Å². The first-order valence-electron chi connectivity index (χ1n) is 4.63. The summed E-state index contributed by atoms with van der Waals surface area (Å²) in [6.45, 7) is 0. The summed E-state index contributed by atoms with van der Waals surface area (Å²) in [5.74, 6) is -1.66. The maximum atomic E-state index is 12.9. The first kappa shape index (κ1) is 11.0. The highest BCUT2D eigenvalue weighted by molar-refractivity contribution is 7.99. The van der Waals surface area contributed by atoms with Gasteiger partial charge in [0.1, 0.15) is 0 Å². The van der Waals surface area contributed by atoms with E-state index >= 15 is 0 Å². The van der Waals surface area contributed by atoms with Crippen molar-refractivity contribution in [2.24, 2.45) is 0 Å². The zero-order valence-corrected chi connectivity index (χ0v) is 9.10. The zero-order valence-electron chi connectivity index (χ0n) is 8.28. The lowest BCUT2D eigenvalue weighted by atomic mass is 10.3. The van der Waals surface area contributed by atoms with Crippen LogP contribution in [0.3, 0.4) is 0 Å². The fraction of sp³-hybridized carbons (Fsp3) is 0. The van der Waals surface area contributed by atoms with Gasteiger partial charge in [-0.25, -0.2) is 8.78 Å². The largest absolute Gasteiger partial charge is 0.399 e. The Morgan fingerprint density at radius 2 is 1.44 bits per heavy atom. The summed E-state index contributed by atoms with van der Waals surface area (Å²) in [6.07, 6.45) is 0. The molecule has 0 amide bonds. The average molecular weight is 237 g/mol. The van der Waals surface area contributed by atoms with Gasteiger partial charge in [0, 0.05) is 15.5 Å². The molecule has 16 heavy (non-hydrogen) atoms. The highest BCUT2D eigenvalue weighted by atomic mass is 32.2. The van der Waals surface area contributed by atoms with Crippen molar-refractivity contribution < 1.29 is 8.78 Å². The van der Waals surface area contributed by atoms with Crippen LogP contribution in [0.15, 0.2) is 52.3 Å². The van der Waals surface area contributed by atoms with Crippen molar-refractivity contribution in [2.45, 2.75) is 9.79 Å². The Morgan fingerprint density at radius 3 is 2.06 bits per heavy atom. The van der Waals surface area contributed by atoms with E-state index < -0.39 is 11.6 Å². The highest BCUT2D eigenvalue weighted by Crippen LogP contribution is 2.28. The zero-order chi connectivity index (χ0) is 11.5. The van der Waals surface area contributed by atoms with Gasteiger partial charge in [-0.15, -0.1) is 0 Å². The van der Waals surface area contributed by atoms with Crippen LogP contribution in [0.4, 0.5) is 14.5 Å². The third-order valence-electron chi connectivity index (χ3n) is 2.01. The van der Waals surface area contributed by atoms with Gasteiger partial charge in [-0.1, -0.05) is 11.8 Å². The van der Waals surface area contributed by atoms with E-state index in [4.69, 9.17) is 5.73 Å². The molecule has 0 fully saturated rings. The summed E-state index contributed by atoms with van der Waals surface area (Å²) >= 11 is 1.36. The Hall–Kier alpha value is -1.55. The van der Waals surface area contributed by atoms with Gasteiger partial charge < -0.3 is 5.73 Å². The fourth-order valence-electron chi connectivity index (χ4n) is 1.21. The molecule has 0 aliphatic heterocycles. The predicted octanol–water partition coefficient (Wildman–Crippen LogP) is 3.70. The number of halogens is 2. The Labute approximate surface area is 96.3 Å². The second kappa shape index (κ2) is 4.53. The van der Waals surface area contributed by atoms with Crippen molar-refractivity contribution in [2.75, 3.05) is 5.73 Å². The second-order valence-electron chi connectivity index (χ2n) is 3.25. The van der Waals surface area contributed by atoms with Gasteiger partial charge in [0.05, 0.1) is 0 Å². The number of nitrogen functional groups attached to an aromatic ring is 1. The SMILES string of the molecule is Nc1ccc(Sc2ccc(F)c(F)c2)cc1. The molecular formula is C12H9F2NS. The molecule has 0 aliphatic carbocycles. The van der Waals surface area contributed by atoms with Gasteiger partial charge in [-0.2, -0.15) is 0 Å². The van der Waals surface area contributed by atoms with Crippen LogP contribution >= 0.6 is 11.8 Å². The van der Waals surface area contributed by atoms with E-state index in [2.05, 4.69) is 0 Å². The minimum absolute atomic E-state index is 0.656. The lowest BCUT2D eigenvalue weighted by Crippen LogP contribution is -1.84. The van der Waals surface area contributed by atoms with Gasteiger partial charge in [-0.05, 0) is 42.5 Å². The monoisotopic (exact) mass is 237 g/mol. The molecule has 0 aromatic heterocycles. The summed E-state index contributed by atoms with van der Waals surface area (Å²) < 4.78 is 25.6. The van der Waals surface area contributed by atoms with Gasteiger partial charge in [0.15, 0.2) is 11.6 Å². The number of anilines is 1. The average Bonchev–Trinajstić information content (AvgIpc) is 2.27. The van der Waals surface area contributed by atoms with E-state index in [1.54, 1.807) is 18.2 Å². The Bertz CT molecular complexity index is 497. The quantitative estimate of drug-likeness (QED) is 0.806. The second-order valence-corrected chi connectivity index (χ2v) is 4.39. The van der Waals surface area contributed by atoms with E-state index in [1.807, 2.05) is 12.1 Å². The number of benzene rings is 2. The van der Waals surface area contributed by atoms with Crippen molar-refractivity contribution in [3.05, 3.63) is 54.1 Å². The third kappa shape index (κ3) is 2.52. The summed E-state index contributed by atoms with van der Waals surface area (Å²) in [5, 5.41) is 0. The fourth-order valence-corrected chi connectivity index (χ4v) is 2.06. The molecule has 0 bridgehead atoms. The predicted molar refractivity (Wildman–Crippen MR) is 61.3 cm³/mol. The minimum Gasteiger partial charge on any atom is -0.399 e. The molecule has 2 N–H and O–H groups in total. The Kier molecular flexibility index (Phi) is 3.10. The van der Waals surface area contributed by atoms with Crippen LogP contribution in [0.2, 0.25) is 0 Å². The molecule has 2 aromatic carbocycles. The molecule has 0 radical (unpaired) electrons. The molecule has 2 aromatic rings. The standard InChI is InChI=1S/C12H9F2NS/c13-11-6-5-10(7-12(11)14)16-9-3-1-8(15)2-4-9/h1-7H,15H2. The van der Waals surface area contributed by atoms with Gasteiger partial charge in [0.25, 0.3) is 0 Å². The minimum atomic E-state index is -0.833. The first-order chi connectivity index (χ1) is 7.65. The van der Waals surface area contributed by atoms with Crippen LogP contribution in [0.1, 0.15) is 0 Å². The van der Waals surface area contributed by atoms with E-state index in [9.17, 15) is 8.78 Å². The molecule has 0 heterocycles. The van der Waals surface area contributed by atoms with Crippen molar-refractivity contribution in [3.8, 4) is 0 Å². The number of hydrogen-bond acceptors (Lipinski definition) is 2. The van der Waals surface area contributed by atoms with Crippen molar-refractivity contribution in [1.82, 2.24) is 0 Å². The molecule has 4 heteroatoms. The summed E-state index contributed by atoms with van der Waals surface area (Å²) in [4.78, 5) is 1.59. The van der Waals surface area contributed by atoms with Crippen molar-refractivity contribution >= 4 is 17.4 Å². The van der Waals surface area contributed by atoms with Gasteiger partial charge in [0.2, 0.25) is 0 Å². The molecule has 0 atom stereocenters. The van der Waals surface area contributed by atoms with Crippen LogP contribution in [-0.4, -0.2) is 0 Å². The van der Waals surface area contributed by atoms with Gasteiger partial charge in [-0.3, -0.25) is 0 Å². The first-order valence-corrected chi connectivity index (χ1v) is 5.45. The molecule has 0 spiro atoms. The molecule has 82 valence electrons. The Balaban J connectivity index is 2.20. The molecule has 0 aliphatic rings. The topological polar surface area (TPSA) is 26.0 Å². The summed E-state index contributed by atoms with van der Waals surface area (Å²) in [5.41, 5.74) is 6.22. The van der Waals surface area contributed by atoms with Crippen LogP contribution in [0.5, 0.6) is 0 Å². The number of nitrogens with two attached hydrogens (primary N) is 1. The van der Waals surface area contributed by atoms with Crippen molar-refractivity contribution in [1.29, 1.82) is 0 Å². The Morgan fingerprint density at radius 1 is 0.812 bits per heavy atom. The molecule has 1 nitrogen and oxygen atoms in total. The van der Waals surface area contributed by atoms with Crippen LogP contribution in [-0.2, 0) is 0 Å². The highest BCUT2D eigenvalue weighted by Gasteiger charge is 2.03. The smallest absolute Gasteiger partial charge is 0.159 e. The van der Waals surface area contributed by atoms with E-state index in [1.165, 1.54) is 17.8 Å². The maximum absolute atomic E-state index is 12.9. The lowest BCUT2D eigenvalue weighted by Gasteiger charge is -2.02.